The van der Waals surface area contributed by atoms with Gasteiger partial charge in [-0.3, -0.25) is 9.59 Å². The van der Waals surface area contributed by atoms with Crippen LogP contribution in [0.2, 0.25) is 0 Å². The van der Waals surface area contributed by atoms with Gasteiger partial charge < -0.3 is 20.1 Å². The molecule has 2 atom stereocenters. The zero-order valence-corrected chi connectivity index (χ0v) is 14.3. The third-order valence-electron chi connectivity index (χ3n) is 3.99. The van der Waals surface area contributed by atoms with Gasteiger partial charge >= 0.3 is 0 Å². The van der Waals surface area contributed by atoms with Crippen molar-refractivity contribution in [1.82, 2.24) is 15.6 Å². The highest BCUT2D eigenvalue weighted by Crippen LogP contribution is 2.15. The average molecular weight is 355 g/mol. The van der Waals surface area contributed by atoms with Crippen LogP contribution in [0, 0.1) is 0 Å². The molecule has 0 radical (unpaired) electrons. The minimum absolute atomic E-state index is 0.111. The molecule has 1 fully saturated rings. The number of ether oxygens (including phenoxy) is 2. The monoisotopic (exact) mass is 355 g/mol. The van der Waals surface area contributed by atoms with Gasteiger partial charge in [0.15, 0.2) is 0 Å². The topological polar surface area (TPSA) is 89.6 Å². The largest absolute Gasteiger partial charge is 0.472 e. The standard InChI is InChI=1S/C19H21N3O4/c23-17(12-21-19(24)14-6-2-1-3-7-14)22-15-13-25-11-9-16(15)26-18-8-4-5-10-20-18/h1-8,10,15-16H,9,11-13H2,(H,21,24)(H,22,23)/t15-,16-/m1/s1. The molecule has 2 N–H and O–H groups in total. The molecule has 2 amide bonds. The molecule has 1 aromatic carbocycles. The normalized spacial score (nSPS) is 19.4. The number of nitrogens with zero attached hydrogens (tertiary/aromatic N) is 1. The van der Waals surface area contributed by atoms with E-state index in [0.717, 1.165) is 0 Å². The Bertz CT molecular complexity index is 724. The number of pyridine rings is 1. The molecule has 2 heterocycles. The minimum Gasteiger partial charge on any atom is -0.472 e. The van der Waals surface area contributed by atoms with E-state index in [2.05, 4.69) is 15.6 Å². The predicted octanol–water partition coefficient (Wildman–Crippen LogP) is 1.16. The lowest BCUT2D eigenvalue weighted by atomic mass is 10.1. The Hall–Kier alpha value is -2.93. The van der Waals surface area contributed by atoms with Gasteiger partial charge in [-0.25, -0.2) is 4.98 Å². The van der Waals surface area contributed by atoms with Crippen molar-refractivity contribution in [2.24, 2.45) is 0 Å². The number of hydrogen-bond acceptors (Lipinski definition) is 5. The maximum absolute atomic E-state index is 12.2. The predicted molar refractivity (Wildman–Crippen MR) is 94.8 cm³/mol. The number of amides is 2. The van der Waals surface area contributed by atoms with Crippen LogP contribution < -0.4 is 15.4 Å². The first-order valence-electron chi connectivity index (χ1n) is 8.50. The van der Waals surface area contributed by atoms with E-state index in [1.54, 1.807) is 36.5 Å². The van der Waals surface area contributed by atoms with Gasteiger partial charge in [0, 0.05) is 24.2 Å². The number of rotatable bonds is 6. The molecule has 0 spiro atoms. The summed E-state index contributed by atoms with van der Waals surface area (Å²) in [6.07, 6.45) is 2.08. The third-order valence-corrected chi connectivity index (χ3v) is 3.99. The van der Waals surface area contributed by atoms with E-state index in [1.807, 2.05) is 18.2 Å². The molecule has 1 aromatic heterocycles. The van der Waals surface area contributed by atoms with E-state index < -0.39 is 0 Å². The molecular weight excluding hydrogens is 334 g/mol. The van der Waals surface area contributed by atoms with Crippen LogP contribution in [0.3, 0.4) is 0 Å². The van der Waals surface area contributed by atoms with Crippen molar-refractivity contribution in [2.45, 2.75) is 18.6 Å². The van der Waals surface area contributed by atoms with Crippen LogP contribution >= 0.6 is 0 Å². The van der Waals surface area contributed by atoms with Gasteiger partial charge in [0.1, 0.15) is 6.10 Å². The zero-order chi connectivity index (χ0) is 18.2. The van der Waals surface area contributed by atoms with Gasteiger partial charge in [-0.05, 0) is 18.2 Å². The Morgan fingerprint density at radius 1 is 1.15 bits per heavy atom. The number of carbonyl (C=O) groups excluding carboxylic acids is 2. The van der Waals surface area contributed by atoms with Gasteiger partial charge in [0.05, 0.1) is 25.8 Å². The molecule has 0 aliphatic carbocycles. The van der Waals surface area contributed by atoms with Crippen LogP contribution in [-0.2, 0) is 9.53 Å². The molecule has 1 aliphatic rings. The van der Waals surface area contributed by atoms with Crippen molar-refractivity contribution in [3.8, 4) is 5.88 Å². The molecule has 0 saturated carbocycles. The first-order valence-corrected chi connectivity index (χ1v) is 8.50. The number of hydrogen-bond donors (Lipinski definition) is 2. The summed E-state index contributed by atoms with van der Waals surface area (Å²) in [6.45, 7) is 0.811. The van der Waals surface area contributed by atoms with Crippen molar-refractivity contribution in [2.75, 3.05) is 19.8 Å². The zero-order valence-electron chi connectivity index (χ0n) is 14.3. The highest BCUT2D eigenvalue weighted by molar-refractivity contribution is 5.96. The number of aromatic nitrogens is 1. The van der Waals surface area contributed by atoms with E-state index >= 15 is 0 Å². The molecule has 26 heavy (non-hydrogen) atoms. The van der Waals surface area contributed by atoms with Gasteiger partial charge in [-0.2, -0.15) is 0 Å². The summed E-state index contributed by atoms with van der Waals surface area (Å²) >= 11 is 0. The maximum atomic E-state index is 12.2. The molecule has 7 nitrogen and oxygen atoms in total. The van der Waals surface area contributed by atoms with Gasteiger partial charge in [0.2, 0.25) is 11.8 Å². The lowest BCUT2D eigenvalue weighted by Gasteiger charge is -2.32. The lowest BCUT2D eigenvalue weighted by Crippen LogP contribution is -2.53. The molecule has 2 aromatic rings. The van der Waals surface area contributed by atoms with Crippen molar-refractivity contribution < 1.29 is 19.1 Å². The molecule has 0 unspecified atom stereocenters. The number of carbonyl (C=O) groups is 2. The molecule has 7 heteroatoms. The fourth-order valence-electron chi connectivity index (χ4n) is 2.68. The molecular formula is C19H21N3O4. The van der Waals surface area contributed by atoms with E-state index in [0.29, 0.717) is 31.1 Å². The fourth-order valence-corrected chi connectivity index (χ4v) is 2.68. The van der Waals surface area contributed by atoms with Crippen LogP contribution in [0.15, 0.2) is 54.7 Å². The Morgan fingerprint density at radius 2 is 1.96 bits per heavy atom. The average Bonchev–Trinajstić information content (AvgIpc) is 2.69. The summed E-state index contributed by atoms with van der Waals surface area (Å²) in [5, 5.41) is 5.47. The fraction of sp³-hybridized carbons (Fsp3) is 0.316. The lowest BCUT2D eigenvalue weighted by molar-refractivity contribution is -0.123. The Labute approximate surface area is 151 Å². The van der Waals surface area contributed by atoms with Crippen LogP contribution in [-0.4, -0.2) is 48.7 Å². The first-order chi connectivity index (χ1) is 12.7. The van der Waals surface area contributed by atoms with Crippen molar-refractivity contribution in [3.05, 3.63) is 60.3 Å². The highest BCUT2D eigenvalue weighted by Gasteiger charge is 2.29. The van der Waals surface area contributed by atoms with Crippen LogP contribution in [0.25, 0.3) is 0 Å². The highest BCUT2D eigenvalue weighted by atomic mass is 16.5. The van der Waals surface area contributed by atoms with Crippen LogP contribution in [0.4, 0.5) is 0 Å². The van der Waals surface area contributed by atoms with E-state index in [-0.39, 0.29) is 30.5 Å². The van der Waals surface area contributed by atoms with Gasteiger partial charge in [-0.15, -0.1) is 0 Å². The van der Waals surface area contributed by atoms with Crippen LogP contribution in [0.1, 0.15) is 16.8 Å². The smallest absolute Gasteiger partial charge is 0.251 e. The summed E-state index contributed by atoms with van der Waals surface area (Å²) in [5.41, 5.74) is 0.512. The second-order valence-corrected chi connectivity index (χ2v) is 5.91. The Morgan fingerprint density at radius 3 is 2.73 bits per heavy atom. The Kier molecular flexibility index (Phi) is 6.16. The summed E-state index contributed by atoms with van der Waals surface area (Å²) in [7, 11) is 0. The Balaban J connectivity index is 1.50. The molecule has 3 rings (SSSR count). The van der Waals surface area contributed by atoms with E-state index in [1.165, 1.54) is 0 Å². The van der Waals surface area contributed by atoms with E-state index in [4.69, 9.17) is 9.47 Å². The van der Waals surface area contributed by atoms with Crippen molar-refractivity contribution in [3.63, 3.8) is 0 Å². The SMILES string of the molecule is O=C(CNC(=O)c1ccccc1)N[C@@H]1COCC[C@H]1Oc1ccccn1. The third kappa shape index (κ3) is 5.03. The van der Waals surface area contributed by atoms with Gasteiger partial charge in [0.25, 0.3) is 5.91 Å². The van der Waals surface area contributed by atoms with Crippen molar-refractivity contribution in [1.29, 1.82) is 0 Å². The summed E-state index contributed by atoms with van der Waals surface area (Å²) in [4.78, 5) is 28.3. The summed E-state index contributed by atoms with van der Waals surface area (Å²) < 4.78 is 11.3. The minimum atomic E-state index is -0.299. The van der Waals surface area contributed by atoms with E-state index in [9.17, 15) is 9.59 Å². The molecule has 136 valence electrons. The number of benzene rings is 1. The maximum Gasteiger partial charge on any atom is 0.251 e. The van der Waals surface area contributed by atoms with Gasteiger partial charge in [-0.1, -0.05) is 24.3 Å². The summed E-state index contributed by atoms with van der Waals surface area (Å²) in [6, 6.07) is 13.9. The number of nitrogens with one attached hydrogen (secondary N) is 2. The molecule has 1 saturated heterocycles. The second-order valence-electron chi connectivity index (χ2n) is 5.91. The second kappa shape index (κ2) is 8.96. The molecule has 0 bridgehead atoms. The molecule has 1 aliphatic heterocycles. The van der Waals surface area contributed by atoms with Crippen molar-refractivity contribution >= 4 is 11.8 Å². The van der Waals surface area contributed by atoms with Crippen LogP contribution in [0.5, 0.6) is 5.88 Å². The quantitative estimate of drug-likeness (QED) is 0.812. The summed E-state index contributed by atoms with van der Waals surface area (Å²) in [5.74, 6) is -0.0719. The first kappa shape index (κ1) is 17.9.